The third kappa shape index (κ3) is 6.67. The molecule has 0 aromatic rings. The summed E-state index contributed by atoms with van der Waals surface area (Å²) in [7, 11) is 8.02. The number of nitrogens with one attached hydrogen (secondary N) is 3. The summed E-state index contributed by atoms with van der Waals surface area (Å²) in [4.78, 5) is 34.9. The Morgan fingerprint density at radius 2 is 1.80 bits per heavy atom. The van der Waals surface area contributed by atoms with Crippen molar-refractivity contribution < 1.29 is 23.4 Å². The van der Waals surface area contributed by atoms with Gasteiger partial charge in [-0.3, -0.25) is 14.7 Å². The zero-order valence-electron chi connectivity index (χ0n) is 10.8. The summed E-state index contributed by atoms with van der Waals surface area (Å²) in [6.07, 6.45) is -0.699. The Labute approximate surface area is 126 Å². The summed E-state index contributed by atoms with van der Waals surface area (Å²) in [5, 5.41) is 7.42. The third-order valence-corrected chi connectivity index (χ3v) is 3.81. The number of hydrogen-bond donors (Lipinski definition) is 3. The lowest BCUT2D eigenvalue weighted by Gasteiger charge is -2.24. The van der Waals surface area contributed by atoms with Gasteiger partial charge in [0.05, 0.1) is 28.0 Å². The Bertz CT molecular complexity index is 359. The molecule has 0 saturated heterocycles. The summed E-state index contributed by atoms with van der Waals surface area (Å²) in [6, 6.07) is -1.80. The Morgan fingerprint density at radius 3 is 2.20 bits per heavy atom. The van der Waals surface area contributed by atoms with E-state index in [0.29, 0.717) is 0 Å². The van der Waals surface area contributed by atoms with Gasteiger partial charge in [0.1, 0.15) is 0 Å². The largest absolute Gasteiger partial charge is 0.450 e. The zero-order chi connectivity index (χ0) is 15.7. The van der Waals surface area contributed by atoms with E-state index in [1.165, 1.54) is 0 Å². The maximum atomic E-state index is 12.0. The summed E-state index contributed by atoms with van der Waals surface area (Å²) < 4.78 is 9.45. The van der Waals surface area contributed by atoms with Crippen LogP contribution in [-0.4, -0.2) is 36.0 Å². The molecule has 0 heterocycles. The molecule has 3 N–H and O–H groups in total. The van der Waals surface area contributed by atoms with Gasteiger partial charge in [0.15, 0.2) is 6.04 Å². The van der Waals surface area contributed by atoms with Gasteiger partial charge in [-0.05, 0) is 16.3 Å². The molecule has 0 fully saturated rings. The third-order valence-electron chi connectivity index (χ3n) is 2.42. The first kappa shape index (κ1) is 20.1. The fourth-order valence-electron chi connectivity index (χ4n) is 1.25. The van der Waals surface area contributed by atoms with E-state index in [2.05, 4.69) is 38.8 Å². The number of amides is 2. The van der Waals surface area contributed by atoms with Crippen molar-refractivity contribution in [2.45, 2.75) is 31.5 Å². The van der Waals surface area contributed by atoms with Crippen molar-refractivity contribution in [1.82, 2.24) is 15.5 Å². The standard InChI is InChI=1S/C8H19N3O5P4/c1-3(15-19)6(8(14)16-20)9-7(13)4(10-17)2-5(12)11-18/h3-4,6,10H,2,17-20H2,1H3,(H,9,13)(H,11,12)/t3-,4+,6+/m1/s1. The molecule has 0 aromatic carbocycles. The zero-order valence-corrected chi connectivity index (χ0v) is 15.4. The van der Waals surface area contributed by atoms with E-state index >= 15 is 0 Å². The van der Waals surface area contributed by atoms with Gasteiger partial charge in [0.2, 0.25) is 11.8 Å². The summed E-state index contributed by atoms with van der Waals surface area (Å²) in [5.74, 6) is -1.54. The molecule has 2 amide bonds. The highest BCUT2D eigenvalue weighted by Crippen LogP contribution is 2.08. The topological polar surface area (TPSA) is 106 Å². The van der Waals surface area contributed by atoms with Crippen LogP contribution in [0.3, 0.4) is 0 Å². The van der Waals surface area contributed by atoms with Crippen molar-refractivity contribution in [2.24, 2.45) is 0 Å². The first-order valence-corrected chi connectivity index (χ1v) is 7.53. The van der Waals surface area contributed by atoms with Gasteiger partial charge in [0.25, 0.3) is 0 Å². The Balaban J connectivity index is 4.79. The second-order valence-corrected chi connectivity index (χ2v) is 4.89. The SMILES string of the molecule is C[C@@H](OP)[C@H](NC(=O)[C@H](CC(=O)NP)NP)C(=O)OP. The Kier molecular flexibility index (Phi) is 10.8. The van der Waals surface area contributed by atoms with Crippen molar-refractivity contribution in [3.8, 4) is 0 Å². The van der Waals surface area contributed by atoms with Gasteiger partial charge in [-0.15, -0.1) is 0 Å². The molecule has 0 radical (unpaired) electrons. The summed E-state index contributed by atoms with van der Waals surface area (Å²) in [5.41, 5.74) is 0. The molecule has 0 spiro atoms. The molecule has 116 valence electrons. The van der Waals surface area contributed by atoms with E-state index in [1.807, 2.05) is 18.9 Å². The number of rotatable bonds is 8. The van der Waals surface area contributed by atoms with Crippen LogP contribution in [0.1, 0.15) is 13.3 Å². The van der Waals surface area contributed by atoms with Crippen LogP contribution in [0.25, 0.3) is 0 Å². The molecule has 8 nitrogen and oxygen atoms in total. The second-order valence-electron chi connectivity index (χ2n) is 3.76. The second kappa shape index (κ2) is 10.7. The van der Waals surface area contributed by atoms with E-state index in [-0.39, 0.29) is 12.3 Å². The van der Waals surface area contributed by atoms with E-state index in [0.717, 1.165) is 0 Å². The minimum Gasteiger partial charge on any atom is -0.450 e. The van der Waals surface area contributed by atoms with Crippen molar-refractivity contribution in [3.63, 3.8) is 0 Å². The maximum absolute atomic E-state index is 12.0. The first-order chi connectivity index (χ1) is 9.40. The summed E-state index contributed by atoms with van der Waals surface area (Å²) >= 11 is 0. The molecule has 0 aliphatic heterocycles. The van der Waals surface area contributed by atoms with E-state index in [4.69, 9.17) is 4.52 Å². The average Bonchev–Trinajstić information content (AvgIpc) is 2.47. The molecule has 0 bridgehead atoms. The van der Waals surface area contributed by atoms with Crippen molar-refractivity contribution >= 4 is 55.5 Å². The van der Waals surface area contributed by atoms with Crippen molar-refractivity contribution in [2.75, 3.05) is 0 Å². The fraction of sp³-hybridized carbons (Fsp3) is 0.625. The minimum absolute atomic E-state index is 0.0857. The van der Waals surface area contributed by atoms with Crippen LogP contribution in [0.15, 0.2) is 0 Å². The van der Waals surface area contributed by atoms with Crippen LogP contribution in [0.5, 0.6) is 0 Å². The van der Waals surface area contributed by atoms with Gasteiger partial charge < -0.3 is 19.5 Å². The molecule has 4 unspecified atom stereocenters. The minimum atomic E-state index is -0.989. The molecule has 0 saturated carbocycles. The van der Waals surface area contributed by atoms with Crippen LogP contribution in [-0.2, 0) is 23.4 Å². The number of hydrogen-bond acceptors (Lipinski definition) is 6. The van der Waals surface area contributed by atoms with Crippen LogP contribution < -0.4 is 15.5 Å². The molecule has 20 heavy (non-hydrogen) atoms. The fourth-order valence-corrected chi connectivity index (χ4v) is 1.94. The highest BCUT2D eigenvalue weighted by Gasteiger charge is 2.31. The van der Waals surface area contributed by atoms with Gasteiger partial charge in [0, 0.05) is 9.47 Å². The van der Waals surface area contributed by atoms with Crippen molar-refractivity contribution in [1.29, 1.82) is 0 Å². The van der Waals surface area contributed by atoms with Gasteiger partial charge >= 0.3 is 5.97 Å². The van der Waals surface area contributed by atoms with Crippen LogP contribution in [0.2, 0.25) is 0 Å². The highest BCUT2D eigenvalue weighted by molar-refractivity contribution is 7.15. The maximum Gasteiger partial charge on any atom is 0.333 e. The molecule has 12 heteroatoms. The predicted octanol–water partition coefficient (Wildman–Crippen LogP) is -0.956. The van der Waals surface area contributed by atoms with E-state index in [9.17, 15) is 14.4 Å². The monoisotopic (exact) mass is 361 g/mol. The Hall–Kier alpha value is 0.0500. The van der Waals surface area contributed by atoms with Crippen LogP contribution in [0.4, 0.5) is 0 Å². The van der Waals surface area contributed by atoms with Crippen LogP contribution >= 0.6 is 37.7 Å². The molecule has 7 atom stereocenters. The number of carbonyl (C=O) groups is 3. The number of carbonyl (C=O) groups excluding carboxylic acids is 3. The Morgan fingerprint density at radius 1 is 1.20 bits per heavy atom. The molecule has 0 aliphatic rings. The smallest absolute Gasteiger partial charge is 0.333 e. The van der Waals surface area contributed by atoms with Gasteiger partial charge in [-0.25, -0.2) is 4.79 Å². The van der Waals surface area contributed by atoms with Gasteiger partial charge in [-0.2, -0.15) is 0 Å². The molecule has 0 rings (SSSR count). The highest BCUT2D eigenvalue weighted by atomic mass is 31.0. The van der Waals surface area contributed by atoms with Crippen molar-refractivity contribution in [3.05, 3.63) is 0 Å². The van der Waals surface area contributed by atoms with Gasteiger partial charge in [-0.1, -0.05) is 9.39 Å². The molecular weight excluding hydrogens is 342 g/mol. The summed E-state index contributed by atoms with van der Waals surface area (Å²) in [6.45, 7) is 1.60. The lowest BCUT2D eigenvalue weighted by Crippen LogP contribution is -2.53. The molecular formula is C8H19N3O5P4. The van der Waals surface area contributed by atoms with E-state index < -0.39 is 30.1 Å². The normalized spacial score (nSPS) is 14.8. The quantitative estimate of drug-likeness (QED) is 0.481. The first-order valence-electron chi connectivity index (χ1n) is 5.43. The molecule has 0 aliphatic carbocycles. The average molecular weight is 361 g/mol. The predicted molar refractivity (Wildman–Crippen MR) is 87.1 cm³/mol. The lowest BCUT2D eigenvalue weighted by atomic mass is 10.1. The molecule has 0 aromatic heterocycles. The van der Waals surface area contributed by atoms with E-state index in [1.54, 1.807) is 6.92 Å². The lowest BCUT2D eigenvalue weighted by molar-refractivity contribution is -0.141. The van der Waals surface area contributed by atoms with Crippen LogP contribution in [0, 0.1) is 0 Å².